The molecule has 17 heavy (non-hydrogen) atoms. The van der Waals surface area contributed by atoms with Gasteiger partial charge < -0.3 is 10.4 Å². The summed E-state index contributed by atoms with van der Waals surface area (Å²) >= 11 is 1.54. The van der Waals surface area contributed by atoms with E-state index < -0.39 is 22.0 Å². The molecular weight excluding hydrogens is 264 g/mol. The van der Waals surface area contributed by atoms with Gasteiger partial charge in [0.05, 0.1) is 12.4 Å². The Hall–Kier alpha value is -0.310. The van der Waals surface area contributed by atoms with E-state index in [1.165, 1.54) is 6.92 Å². The molecule has 0 aromatic carbocycles. The number of carbonyl (C=O) groups is 1. The molecule has 1 amide bonds. The lowest BCUT2D eigenvalue weighted by Crippen LogP contribution is -2.48. The molecule has 6 nitrogen and oxygen atoms in total. The van der Waals surface area contributed by atoms with E-state index in [2.05, 4.69) is 10.0 Å². The molecule has 0 aliphatic heterocycles. The summed E-state index contributed by atoms with van der Waals surface area (Å²) in [6.45, 7) is 1.48. The van der Waals surface area contributed by atoms with Crippen molar-refractivity contribution in [1.82, 2.24) is 10.0 Å². The highest BCUT2D eigenvalue weighted by Crippen LogP contribution is 2.02. The number of amides is 1. The molecule has 102 valence electrons. The predicted octanol–water partition coefficient (Wildman–Crippen LogP) is -0.844. The number of nitrogens with one attached hydrogen (secondary N) is 2. The number of rotatable bonds is 9. The number of carbonyl (C=O) groups excluding carboxylic acids is 1. The standard InChI is InChI=1S/C9H20N2O4S2/c1-3-17(14,15)11-8(4-7-16-2)9(13)10-5-6-12/h8,11-12H,3-7H2,1-2H3,(H,10,13). The van der Waals surface area contributed by atoms with E-state index in [0.717, 1.165) is 0 Å². The zero-order chi connectivity index (χ0) is 13.3. The summed E-state index contributed by atoms with van der Waals surface area (Å²) in [5, 5.41) is 11.1. The normalized spacial score (nSPS) is 13.4. The summed E-state index contributed by atoms with van der Waals surface area (Å²) in [6.07, 6.45) is 2.31. The fourth-order valence-electron chi connectivity index (χ4n) is 1.08. The number of aliphatic hydroxyl groups is 1. The Morgan fingerprint density at radius 2 is 2.12 bits per heavy atom. The molecule has 0 radical (unpaired) electrons. The van der Waals surface area contributed by atoms with Gasteiger partial charge in [0.2, 0.25) is 15.9 Å². The Kier molecular flexibility index (Phi) is 8.57. The summed E-state index contributed by atoms with van der Waals surface area (Å²) in [6, 6.07) is -0.765. The second-order valence-corrected chi connectivity index (χ2v) is 6.40. The van der Waals surface area contributed by atoms with Gasteiger partial charge in [-0.05, 0) is 25.4 Å². The summed E-state index contributed by atoms with van der Waals surface area (Å²) < 4.78 is 25.2. The molecule has 0 spiro atoms. The average molecular weight is 284 g/mol. The molecule has 1 atom stereocenters. The Bertz CT molecular complexity index is 319. The van der Waals surface area contributed by atoms with Crippen LogP contribution in [-0.4, -0.2) is 56.4 Å². The number of thioether (sulfide) groups is 1. The van der Waals surface area contributed by atoms with Gasteiger partial charge in [0.15, 0.2) is 0 Å². The number of hydrogen-bond acceptors (Lipinski definition) is 5. The third-order valence-corrected chi connectivity index (χ3v) is 4.09. The molecular formula is C9H20N2O4S2. The second-order valence-electron chi connectivity index (χ2n) is 3.37. The predicted molar refractivity (Wildman–Crippen MR) is 69.5 cm³/mol. The molecule has 1 unspecified atom stereocenters. The molecule has 8 heteroatoms. The molecule has 0 heterocycles. The van der Waals surface area contributed by atoms with Gasteiger partial charge in [-0.25, -0.2) is 13.1 Å². The van der Waals surface area contributed by atoms with Crippen molar-refractivity contribution in [2.75, 3.05) is 30.9 Å². The fraction of sp³-hybridized carbons (Fsp3) is 0.889. The van der Waals surface area contributed by atoms with Crippen LogP contribution in [0.5, 0.6) is 0 Å². The molecule has 0 fully saturated rings. The highest BCUT2D eigenvalue weighted by Gasteiger charge is 2.22. The van der Waals surface area contributed by atoms with Gasteiger partial charge in [0, 0.05) is 6.54 Å². The zero-order valence-corrected chi connectivity index (χ0v) is 11.7. The molecule has 0 aliphatic rings. The van der Waals surface area contributed by atoms with Crippen LogP contribution >= 0.6 is 11.8 Å². The average Bonchev–Trinajstić information content (AvgIpc) is 2.31. The van der Waals surface area contributed by atoms with Crippen molar-refractivity contribution < 1.29 is 18.3 Å². The van der Waals surface area contributed by atoms with Gasteiger partial charge in [-0.15, -0.1) is 0 Å². The van der Waals surface area contributed by atoms with Crippen molar-refractivity contribution >= 4 is 27.7 Å². The Morgan fingerprint density at radius 1 is 1.47 bits per heavy atom. The van der Waals surface area contributed by atoms with Crippen molar-refractivity contribution in [3.63, 3.8) is 0 Å². The second kappa shape index (κ2) is 8.73. The minimum absolute atomic E-state index is 0.0595. The lowest BCUT2D eigenvalue weighted by Gasteiger charge is -2.17. The van der Waals surface area contributed by atoms with E-state index in [1.54, 1.807) is 11.8 Å². The van der Waals surface area contributed by atoms with Crippen LogP contribution in [0.1, 0.15) is 13.3 Å². The minimum Gasteiger partial charge on any atom is -0.395 e. The SMILES string of the molecule is CCS(=O)(=O)NC(CCSC)C(=O)NCCO. The first-order valence-electron chi connectivity index (χ1n) is 5.34. The number of hydrogen-bond donors (Lipinski definition) is 3. The van der Waals surface area contributed by atoms with Crippen LogP contribution in [-0.2, 0) is 14.8 Å². The quantitative estimate of drug-likeness (QED) is 0.513. The molecule has 0 aromatic heterocycles. The van der Waals surface area contributed by atoms with Crippen LogP contribution in [0.25, 0.3) is 0 Å². The van der Waals surface area contributed by atoms with Crippen molar-refractivity contribution in [2.45, 2.75) is 19.4 Å². The van der Waals surface area contributed by atoms with Crippen molar-refractivity contribution in [3.8, 4) is 0 Å². The number of aliphatic hydroxyl groups excluding tert-OH is 1. The van der Waals surface area contributed by atoms with Gasteiger partial charge in [0.1, 0.15) is 6.04 Å². The third-order valence-electron chi connectivity index (χ3n) is 2.04. The molecule has 0 bridgehead atoms. The minimum atomic E-state index is -3.40. The van der Waals surface area contributed by atoms with E-state index in [4.69, 9.17) is 5.11 Å². The van der Waals surface area contributed by atoms with Gasteiger partial charge >= 0.3 is 0 Å². The van der Waals surface area contributed by atoms with Gasteiger partial charge in [0.25, 0.3) is 0 Å². The first-order chi connectivity index (χ1) is 7.96. The smallest absolute Gasteiger partial charge is 0.238 e. The van der Waals surface area contributed by atoms with Gasteiger partial charge in [-0.3, -0.25) is 4.79 Å². The van der Waals surface area contributed by atoms with Crippen molar-refractivity contribution in [1.29, 1.82) is 0 Å². The van der Waals surface area contributed by atoms with Crippen molar-refractivity contribution in [2.24, 2.45) is 0 Å². The monoisotopic (exact) mass is 284 g/mol. The topological polar surface area (TPSA) is 95.5 Å². The Morgan fingerprint density at radius 3 is 2.59 bits per heavy atom. The van der Waals surface area contributed by atoms with Crippen LogP contribution in [0, 0.1) is 0 Å². The first kappa shape index (κ1) is 16.7. The molecule has 0 aromatic rings. The maximum absolute atomic E-state index is 11.6. The third kappa shape index (κ3) is 7.58. The van der Waals surface area contributed by atoms with E-state index >= 15 is 0 Å². The van der Waals surface area contributed by atoms with Gasteiger partial charge in [-0.1, -0.05) is 0 Å². The Labute approximate surface area is 107 Å². The molecule has 3 N–H and O–H groups in total. The molecule has 0 saturated heterocycles. The first-order valence-corrected chi connectivity index (χ1v) is 8.39. The maximum Gasteiger partial charge on any atom is 0.238 e. The maximum atomic E-state index is 11.6. The summed E-state index contributed by atoms with van der Waals surface area (Å²) in [7, 11) is -3.40. The summed E-state index contributed by atoms with van der Waals surface area (Å²) in [4.78, 5) is 11.6. The summed E-state index contributed by atoms with van der Waals surface area (Å²) in [5.41, 5.74) is 0. The number of sulfonamides is 1. The Balaban J connectivity index is 4.47. The lowest BCUT2D eigenvalue weighted by molar-refractivity contribution is -0.122. The highest BCUT2D eigenvalue weighted by atomic mass is 32.2. The molecule has 0 rings (SSSR count). The molecule has 0 aliphatic carbocycles. The fourth-order valence-corrected chi connectivity index (χ4v) is 2.38. The lowest BCUT2D eigenvalue weighted by atomic mass is 10.2. The summed E-state index contributed by atoms with van der Waals surface area (Å²) in [5.74, 6) is 0.226. The van der Waals surface area contributed by atoms with Crippen molar-refractivity contribution in [3.05, 3.63) is 0 Å². The van der Waals surface area contributed by atoms with E-state index in [1.807, 2.05) is 6.26 Å². The van der Waals surface area contributed by atoms with Crippen LogP contribution in [0.15, 0.2) is 0 Å². The largest absolute Gasteiger partial charge is 0.395 e. The van der Waals surface area contributed by atoms with Crippen LogP contribution in [0.4, 0.5) is 0 Å². The van der Waals surface area contributed by atoms with Gasteiger partial charge in [-0.2, -0.15) is 11.8 Å². The molecule has 0 saturated carbocycles. The van der Waals surface area contributed by atoms with Crippen LogP contribution < -0.4 is 10.0 Å². The zero-order valence-electron chi connectivity index (χ0n) is 10.1. The van der Waals surface area contributed by atoms with E-state index in [0.29, 0.717) is 12.2 Å². The highest BCUT2D eigenvalue weighted by molar-refractivity contribution is 7.98. The van der Waals surface area contributed by atoms with E-state index in [-0.39, 0.29) is 18.9 Å². The van der Waals surface area contributed by atoms with Crippen LogP contribution in [0.3, 0.4) is 0 Å². The van der Waals surface area contributed by atoms with E-state index in [9.17, 15) is 13.2 Å². The van der Waals surface area contributed by atoms with Crippen LogP contribution in [0.2, 0.25) is 0 Å².